The van der Waals surface area contributed by atoms with Crippen molar-refractivity contribution < 1.29 is 21.6 Å². The van der Waals surface area contributed by atoms with Crippen LogP contribution in [0.4, 0.5) is 19.0 Å². The van der Waals surface area contributed by atoms with Gasteiger partial charge in [0.25, 0.3) is 0 Å². The van der Waals surface area contributed by atoms with Crippen molar-refractivity contribution in [3.63, 3.8) is 0 Å². The van der Waals surface area contributed by atoms with Gasteiger partial charge >= 0.3 is 6.18 Å². The predicted octanol–water partition coefficient (Wildman–Crippen LogP) is 3.02. The number of nitrogens with one attached hydrogen (secondary N) is 2. The lowest BCUT2D eigenvalue weighted by molar-refractivity contribution is -0.137. The second kappa shape index (κ2) is 7.90. The van der Waals surface area contributed by atoms with Crippen LogP contribution in [-0.2, 0) is 16.2 Å². The second-order valence-corrected chi connectivity index (χ2v) is 7.19. The number of hydrogen-bond donors (Lipinski definition) is 2. The van der Waals surface area contributed by atoms with Crippen molar-refractivity contribution in [3.8, 4) is 6.07 Å². The lowest BCUT2D eigenvalue weighted by atomic mass is 10.2. The molecule has 2 aromatic rings. The number of nitrogens with zero attached hydrogens (tertiary/aromatic N) is 2. The molecule has 0 aliphatic heterocycles. The van der Waals surface area contributed by atoms with Crippen molar-refractivity contribution in [1.29, 1.82) is 5.26 Å². The normalized spacial score (nSPS) is 11.8. The van der Waals surface area contributed by atoms with Crippen LogP contribution < -0.4 is 10.0 Å². The summed E-state index contributed by atoms with van der Waals surface area (Å²) < 4.78 is 64.1. The first-order valence-corrected chi connectivity index (χ1v) is 8.96. The second-order valence-electron chi connectivity index (χ2n) is 5.01. The Kier molecular flexibility index (Phi) is 6.07. The molecule has 1 aromatic carbocycles. The van der Waals surface area contributed by atoms with Crippen molar-refractivity contribution >= 4 is 27.4 Å². The van der Waals surface area contributed by atoms with Crippen molar-refractivity contribution in [2.75, 3.05) is 18.4 Å². The first-order chi connectivity index (χ1) is 12.1. The zero-order valence-electron chi connectivity index (χ0n) is 13.0. The molecule has 1 aromatic heterocycles. The van der Waals surface area contributed by atoms with E-state index in [1.165, 1.54) is 24.3 Å². The van der Waals surface area contributed by atoms with Crippen LogP contribution in [0.2, 0.25) is 5.02 Å². The summed E-state index contributed by atoms with van der Waals surface area (Å²) in [4.78, 5) is 3.57. The third kappa shape index (κ3) is 5.08. The fraction of sp³-hybridized carbons (Fsp3) is 0.200. The molecule has 0 spiro atoms. The number of benzene rings is 1. The number of sulfonamides is 1. The Morgan fingerprint density at radius 1 is 1.19 bits per heavy atom. The smallest absolute Gasteiger partial charge is 0.368 e. The maximum Gasteiger partial charge on any atom is 0.417 e. The van der Waals surface area contributed by atoms with Crippen molar-refractivity contribution in [1.82, 2.24) is 9.71 Å². The molecule has 0 radical (unpaired) electrons. The summed E-state index contributed by atoms with van der Waals surface area (Å²) in [5.74, 6) is 0.0113. The average molecular weight is 405 g/mol. The van der Waals surface area contributed by atoms with Gasteiger partial charge in [-0.15, -0.1) is 0 Å². The van der Waals surface area contributed by atoms with E-state index in [1.807, 2.05) is 6.07 Å². The fourth-order valence-electron chi connectivity index (χ4n) is 1.88. The molecule has 0 bridgehead atoms. The van der Waals surface area contributed by atoms with Crippen LogP contribution in [0.15, 0.2) is 41.4 Å². The van der Waals surface area contributed by atoms with Crippen molar-refractivity contribution in [2.45, 2.75) is 11.1 Å². The Bertz CT molecular complexity index is 925. The van der Waals surface area contributed by atoms with Crippen LogP contribution in [0.3, 0.4) is 0 Å². The van der Waals surface area contributed by atoms with Crippen molar-refractivity contribution in [2.24, 2.45) is 0 Å². The number of hydrogen-bond acceptors (Lipinski definition) is 5. The minimum absolute atomic E-state index is 0.0113. The molecule has 0 unspecified atom stereocenters. The maximum atomic E-state index is 12.5. The SMILES string of the molecule is N#Cc1ccc(S(=O)(=O)NCCNc2ncc(C(F)(F)F)cc2Cl)cc1. The minimum atomic E-state index is -4.55. The number of pyridine rings is 1. The van der Waals surface area contributed by atoms with Gasteiger partial charge in [-0.1, -0.05) is 11.6 Å². The zero-order valence-corrected chi connectivity index (χ0v) is 14.6. The molecule has 138 valence electrons. The van der Waals surface area contributed by atoms with Crippen LogP contribution >= 0.6 is 11.6 Å². The largest absolute Gasteiger partial charge is 0.417 e. The number of halogens is 4. The Morgan fingerprint density at radius 3 is 2.38 bits per heavy atom. The minimum Gasteiger partial charge on any atom is -0.368 e. The van der Waals surface area contributed by atoms with Crippen LogP contribution in [0, 0.1) is 11.3 Å². The van der Waals surface area contributed by atoms with Gasteiger partial charge in [0.1, 0.15) is 5.82 Å². The third-order valence-corrected chi connectivity index (χ3v) is 4.94. The summed E-state index contributed by atoms with van der Waals surface area (Å²) in [6.45, 7) is -0.00500. The van der Waals surface area contributed by atoms with Crippen molar-refractivity contribution in [3.05, 3.63) is 52.7 Å². The monoisotopic (exact) mass is 404 g/mol. The summed E-state index contributed by atoms with van der Waals surface area (Å²) in [6.07, 6.45) is -3.92. The fourth-order valence-corrected chi connectivity index (χ4v) is 3.15. The summed E-state index contributed by atoms with van der Waals surface area (Å²) >= 11 is 5.74. The van der Waals surface area contributed by atoms with Crippen LogP contribution in [-0.4, -0.2) is 26.5 Å². The van der Waals surface area contributed by atoms with E-state index in [0.717, 1.165) is 6.07 Å². The van der Waals surface area contributed by atoms with Gasteiger partial charge in [-0.3, -0.25) is 0 Å². The Balaban J connectivity index is 1.93. The highest BCUT2D eigenvalue weighted by molar-refractivity contribution is 7.89. The molecule has 0 aliphatic rings. The molecule has 0 saturated carbocycles. The molecule has 11 heteroatoms. The molecule has 1 heterocycles. The summed E-state index contributed by atoms with van der Waals surface area (Å²) in [5, 5.41) is 11.1. The van der Waals surface area contributed by atoms with E-state index in [9.17, 15) is 21.6 Å². The number of anilines is 1. The van der Waals surface area contributed by atoms with E-state index in [4.69, 9.17) is 16.9 Å². The third-order valence-electron chi connectivity index (χ3n) is 3.17. The van der Waals surface area contributed by atoms with Crippen LogP contribution in [0.1, 0.15) is 11.1 Å². The Labute approximate surface area is 152 Å². The van der Waals surface area contributed by atoms with Gasteiger partial charge in [-0.05, 0) is 30.3 Å². The van der Waals surface area contributed by atoms with Crippen LogP contribution in [0.5, 0.6) is 0 Å². The lowest BCUT2D eigenvalue weighted by Crippen LogP contribution is -2.29. The first kappa shape index (κ1) is 20.0. The van der Waals surface area contributed by atoms with E-state index in [0.29, 0.717) is 11.8 Å². The van der Waals surface area contributed by atoms with E-state index >= 15 is 0 Å². The quantitative estimate of drug-likeness (QED) is 0.722. The predicted molar refractivity (Wildman–Crippen MR) is 89.1 cm³/mol. The number of rotatable bonds is 6. The molecule has 2 N–H and O–H groups in total. The molecule has 0 aliphatic carbocycles. The summed E-state index contributed by atoms with van der Waals surface area (Å²) in [7, 11) is -3.78. The van der Waals surface area contributed by atoms with Gasteiger partial charge in [-0.25, -0.2) is 18.1 Å². The van der Waals surface area contributed by atoms with Gasteiger partial charge in [-0.2, -0.15) is 18.4 Å². The van der Waals surface area contributed by atoms with Crippen LogP contribution in [0.25, 0.3) is 0 Å². The molecular weight excluding hydrogens is 393 g/mol. The molecule has 26 heavy (non-hydrogen) atoms. The van der Waals surface area contributed by atoms with E-state index in [2.05, 4.69) is 15.0 Å². The average Bonchev–Trinajstić information content (AvgIpc) is 2.59. The highest BCUT2D eigenvalue weighted by Gasteiger charge is 2.31. The van der Waals surface area contributed by atoms with Gasteiger partial charge in [0.15, 0.2) is 0 Å². The van der Waals surface area contributed by atoms with E-state index in [-0.39, 0.29) is 28.8 Å². The molecule has 6 nitrogen and oxygen atoms in total. The van der Waals surface area contributed by atoms with Gasteiger partial charge < -0.3 is 5.32 Å². The van der Waals surface area contributed by atoms with Gasteiger partial charge in [0.2, 0.25) is 10.0 Å². The Morgan fingerprint density at radius 2 is 1.85 bits per heavy atom. The zero-order chi connectivity index (χ0) is 19.4. The van der Waals surface area contributed by atoms with Gasteiger partial charge in [0.05, 0.1) is 27.1 Å². The molecular formula is C15H12ClF3N4O2S. The molecule has 2 rings (SSSR count). The lowest BCUT2D eigenvalue weighted by Gasteiger charge is -2.11. The molecule has 0 amide bonds. The Hall–Kier alpha value is -2.35. The summed E-state index contributed by atoms with van der Waals surface area (Å²) in [5.41, 5.74) is -0.650. The first-order valence-electron chi connectivity index (χ1n) is 7.10. The molecule has 0 atom stereocenters. The topological polar surface area (TPSA) is 94.9 Å². The number of aromatic nitrogens is 1. The number of alkyl halides is 3. The number of nitriles is 1. The molecule has 0 fully saturated rings. The summed E-state index contributed by atoms with van der Waals surface area (Å²) in [6, 6.07) is 7.95. The standard InChI is InChI=1S/C15H12ClF3N4O2S/c16-13-7-11(15(17,18)19)9-22-14(13)21-5-6-23-26(24,25)12-3-1-10(8-20)2-4-12/h1-4,7,9,23H,5-6H2,(H,21,22). The molecule has 0 saturated heterocycles. The highest BCUT2D eigenvalue weighted by Crippen LogP contribution is 2.32. The van der Waals surface area contributed by atoms with Gasteiger partial charge in [0, 0.05) is 19.3 Å². The van der Waals surface area contributed by atoms with E-state index in [1.54, 1.807) is 0 Å². The maximum absolute atomic E-state index is 12.5. The van der Waals surface area contributed by atoms with E-state index < -0.39 is 21.8 Å². The highest BCUT2D eigenvalue weighted by atomic mass is 35.5.